The minimum absolute atomic E-state index is 0.0385. The minimum atomic E-state index is -0.346. The van der Waals surface area contributed by atoms with Crippen molar-refractivity contribution >= 4 is 23.0 Å². The van der Waals surface area contributed by atoms with E-state index in [4.69, 9.17) is 0 Å². The zero-order valence-electron chi connectivity index (χ0n) is 16.3. The second-order valence-electron chi connectivity index (χ2n) is 6.98. The van der Waals surface area contributed by atoms with E-state index < -0.39 is 0 Å². The summed E-state index contributed by atoms with van der Waals surface area (Å²) in [6, 6.07) is 14.4. The molecular formula is C21H26N4O3. The number of carbonyl (C=O) groups excluding carboxylic acids is 1. The summed E-state index contributed by atoms with van der Waals surface area (Å²) < 4.78 is 0. The summed E-state index contributed by atoms with van der Waals surface area (Å²) in [5.74, 6) is -0.0385. The Hall–Kier alpha value is -2.93. The average molecular weight is 382 g/mol. The third-order valence-electron chi connectivity index (χ3n) is 5.29. The first-order valence-corrected chi connectivity index (χ1v) is 9.61. The van der Waals surface area contributed by atoms with Crippen LogP contribution in [0.25, 0.3) is 0 Å². The Labute approximate surface area is 165 Å². The Morgan fingerprint density at radius 3 is 2.36 bits per heavy atom. The Kier molecular flexibility index (Phi) is 6.26. The maximum atomic E-state index is 12.6. The lowest BCUT2D eigenvalue weighted by atomic mass is 10.1. The topological polar surface area (TPSA) is 78.7 Å². The molecule has 0 saturated carbocycles. The molecule has 148 valence electrons. The lowest BCUT2D eigenvalue weighted by Gasteiger charge is -2.38. The number of hydrogen-bond acceptors (Lipinski definition) is 5. The van der Waals surface area contributed by atoms with E-state index in [1.54, 1.807) is 12.1 Å². The lowest BCUT2D eigenvalue weighted by Crippen LogP contribution is -2.52. The summed E-state index contributed by atoms with van der Waals surface area (Å²) in [6.07, 6.45) is 0.967. The normalized spacial score (nSPS) is 15.9. The molecule has 1 fully saturated rings. The van der Waals surface area contributed by atoms with Crippen molar-refractivity contribution in [3.8, 4) is 0 Å². The highest BCUT2D eigenvalue weighted by atomic mass is 16.6. The standard InChI is InChI=1S/C21H26N4O3/c1-3-17-8-10-18(11-9-17)22-21(26)16(2)23-12-14-24(15-13-23)19-6-4-5-7-20(19)25(27)28/h4-11,16H,3,12-15H2,1-2H3,(H,22,26). The number of hydrogen-bond donors (Lipinski definition) is 1. The van der Waals surface area contributed by atoms with E-state index in [1.807, 2.05) is 42.2 Å². The summed E-state index contributed by atoms with van der Waals surface area (Å²) in [5.41, 5.74) is 2.79. The van der Waals surface area contributed by atoms with Crippen molar-refractivity contribution in [2.45, 2.75) is 26.3 Å². The van der Waals surface area contributed by atoms with Crippen LogP contribution in [-0.2, 0) is 11.2 Å². The second-order valence-corrected chi connectivity index (χ2v) is 6.98. The van der Waals surface area contributed by atoms with Gasteiger partial charge < -0.3 is 10.2 Å². The van der Waals surface area contributed by atoms with Crippen LogP contribution in [0.4, 0.5) is 17.1 Å². The van der Waals surface area contributed by atoms with Gasteiger partial charge in [0, 0.05) is 37.9 Å². The number of rotatable bonds is 6. The van der Waals surface area contributed by atoms with Gasteiger partial charge in [-0.05, 0) is 37.1 Å². The van der Waals surface area contributed by atoms with Crippen LogP contribution in [0.1, 0.15) is 19.4 Å². The van der Waals surface area contributed by atoms with E-state index in [-0.39, 0.29) is 22.6 Å². The van der Waals surface area contributed by atoms with Crippen molar-refractivity contribution in [1.82, 2.24) is 4.90 Å². The van der Waals surface area contributed by atoms with Gasteiger partial charge in [0.2, 0.25) is 5.91 Å². The van der Waals surface area contributed by atoms with Gasteiger partial charge in [-0.25, -0.2) is 0 Å². The maximum absolute atomic E-state index is 12.6. The molecule has 1 aliphatic heterocycles. The number of benzene rings is 2. The zero-order valence-corrected chi connectivity index (χ0v) is 16.3. The average Bonchev–Trinajstić information content (AvgIpc) is 2.73. The second kappa shape index (κ2) is 8.84. The fourth-order valence-electron chi connectivity index (χ4n) is 3.47. The number of nitrogens with one attached hydrogen (secondary N) is 1. The first-order chi connectivity index (χ1) is 13.5. The molecule has 1 N–H and O–H groups in total. The number of para-hydroxylation sites is 2. The van der Waals surface area contributed by atoms with Gasteiger partial charge in [-0.15, -0.1) is 0 Å². The number of carbonyl (C=O) groups is 1. The molecule has 28 heavy (non-hydrogen) atoms. The minimum Gasteiger partial charge on any atom is -0.363 e. The fourth-order valence-corrected chi connectivity index (χ4v) is 3.47. The number of nitro groups is 1. The molecule has 0 bridgehead atoms. The molecule has 0 radical (unpaired) electrons. The van der Waals surface area contributed by atoms with Gasteiger partial charge >= 0.3 is 0 Å². The Bertz CT molecular complexity index is 830. The SMILES string of the molecule is CCc1ccc(NC(=O)C(C)N2CCN(c3ccccc3[N+](=O)[O-])CC2)cc1. The van der Waals surface area contributed by atoms with Crippen LogP contribution in [0.3, 0.4) is 0 Å². The number of nitro benzene ring substituents is 1. The third-order valence-corrected chi connectivity index (χ3v) is 5.29. The van der Waals surface area contributed by atoms with Crippen LogP contribution >= 0.6 is 0 Å². The van der Waals surface area contributed by atoms with Crippen LogP contribution in [-0.4, -0.2) is 48.0 Å². The van der Waals surface area contributed by atoms with E-state index in [9.17, 15) is 14.9 Å². The lowest BCUT2D eigenvalue weighted by molar-refractivity contribution is -0.384. The van der Waals surface area contributed by atoms with Gasteiger partial charge in [0.1, 0.15) is 5.69 Å². The predicted molar refractivity (Wildman–Crippen MR) is 111 cm³/mol. The summed E-state index contributed by atoms with van der Waals surface area (Å²) in [4.78, 5) is 27.6. The highest BCUT2D eigenvalue weighted by molar-refractivity contribution is 5.94. The molecule has 1 unspecified atom stereocenters. The number of nitrogens with zero attached hydrogens (tertiary/aromatic N) is 3. The molecule has 1 heterocycles. The van der Waals surface area contributed by atoms with E-state index in [0.717, 1.165) is 12.1 Å². The molecule has 0 aliphatic carbocycles. The molecule has 1 aliphatic rings. The van der Waals surface area contributed by atoms with Crippen LogP contribution in [0, 0.1) is 10.1 Å². The van der Waals surface area contributed by atoms with Crippen LogP contribution in [0.15, 0.2) is 48.5 Å². The molecule has 1 saturated heterocycles. The predicted octanol–water partition coefficient (Wildman–Crippen LogP) is 3.31. The van der Waals surface area contributed by atoms with Gasteiger partial charge in [-0.1, -0.05) is 31.2 Å². The quantitative estimate of drug-likeness (QED) is 0.613. The van der Waals surface area contributed by atoms with Gasteiger partial charge in [0.15, 0.2) is 0 Å². The van der Waals surface area contributed by atoms with Crippen molar-refractivity contribution < 1.29 is 9.72 Å². The van der Waals surface area contributed by atoms with Crippen molar-refractivity contribution in [3.63, 3.8) is 0 Å². The van der Waals surface area contributed by atoms with E-state index in [0.29, 0.717) is 31.9 Å². The third kappa shape index (κ3) is 4.48. The van der Waals surface area contributed by atoms with Gasteiger partial charge in [0.05, 0.1) is 11.0 Å². The molecular weight excluding hydrogens is 356 g/mol. The number of piperazine rings is 1. The summed E-state index contributed by atoms with van der Waals surface area (Å²) >= 11 is 0. The van der Waals surface area contributed by atoms with E-state index in [1.165, 1.54) is 11.6 Å². The molecule has 7 nitrogen and oxygen atoms in total. The fraction of sp³-hybridized carbons (Fsp3) is 0.381. The highest BCUT2D eigenvalue weighted by Gasteiger charge is 2.28. The molecule has 2 aromatic carbocycles. The molecule has 7 heteroatoms. The highest BCUT2D eigenvalue weighted by Crippen LogP contribution is 2.28. The Balaban J connectivity index is 1.58. The van der Waals surface area contributed by atoms with Crippen molar-refractivity contribution in [2.75, 3.05) is 36.4 Å². The molecule has 2 aromatic rings. The van der Waals surface area contributed by atoms with Gasteiger partial charge in [0.25, 0.3) is 5.69 Å². The molecule has 0 aromatic heterocycles. The maximum Gasteiger partial charge on any atom is 0.292 e. The summed E-state index contributed by atoms with van der Waals surface area (Å²) in [6.45, 7) is 6.64. The van der Waals surface area contributed by atoms with Gasteiger partial charge in [-0.3, -0.25) is 19.8 Å². The first-order valence-electron chi connectivity index (χ1n) is 9.61. The monoisotopic (exact) mass is 382 g/mol. The summed E-state index contributed by atoms with van der Waals surface area (Å²) in [5, 5.41) is 14.2. The number of amides is 1. The molecule has 1 amide bonds. The van der Waals surface area contributed by atoms with Crippen molar-refractivity contribution in [2.24, 2.45) is 0 Å². The van der Waals surface area contributed by atoms with Crippen LogP contribution in [0.2, 0.25) is 0 Å². The Morgan fingerprint density at radius 2 is 1.75 bits per heavy atom. The van der Waals surface area contributed by atoms with Crippen molar-refractivity contribution in [3.05, 3.63) is 64.2 Å². The van der Waals surface area contributed by atoms with E-state index >= 15 is 0 Å². The number of aryl methyl sites for hydroxylation is 1. The van der Waals surface area contributed by atoms with E-state index in [2.05, 4.69) is 17.1 Å². The van der Waals surface area contributed by atoms with Gasteiger partial charge in [-0.2, -0.15) is 0 Å². The first kappa shape index (κ1) is 19.8. The zero-order chi connectivity index (χ0) is 20.1. The van der Waals surface area contributed by atoms with Crippen LogP contribution in [0.5, 0.6) is 0 Å². The summed E-state index contributed by atoms with van der Waals surface area (Å²) in [7, 11) is 0. The number of anilines is 2. The van der Waals surface area contributed by atoms with Crippen molar-refractivity contribution in [1.29, 1.82) is 0 Å². The van der Waals surface area contributed by atoms with Crippen LogP contribution < -0.4 is 10.2 Å². The largest absolute Gasteiger partial charge is 0.363 e. The Morgan fingerprint density at radius 1 is 1.11 bits per heavy atom. The smallest absolute Gasteiger partial charge is 0.292 e. The molecule has 0 spiro atoms. The molecule has 1 atom stereocenters. The molecule has 3 rings (SSSR count).